The molecule has 1 aromatic carbocycles. The third kappa shape index (κ3) is 2.23. The molecule has 0 radical (unpaired) electrons. The van der Waals surface area contributed by atoms with Gasteiger partial charge in [-0.2, -0.15) is 0 Å². The third-order valence-electron chi connectivity index (χ3n) is 2.05. The van der Waals surface area contributed by atoms with E-state index in [2.05, 4.69) is 28.9 Å². The zero-order valence-corrected chi connectivity index (χ0v) is 9.52. The highest BCUT2D eigenvalue weighted by molar-refractivity contribution is 9.10. The number of hydrogen-bond acceptors (Lipinski definition) is 2. The fraction of sp³-hybridized carbons (Fsp3) is 0.400. The summed E-state index contributed by atoms with van der Waals surface area (Å²) in [5, 5.41) is 0. The van der Waals surface area contributed by atoms with E-state index < -0.39 is 0 Å². The summed E-state index contributed by atoms with van der Waals surface area (Å²) in [6.07, 6.45) is 0.856. The van der Waals surface area contributed by atoms with Crippen LogP contribution in [-0.4, -0.2) is 13.7 Å². The van der Waals surface area contributed by atoms with Gasteiger partial charge in [-0.05, 0) is 53.0 Å². The third-order valence-corrected chi connectivity index (χ3v) is 2.67. The smallest absolute Gasteiger partial charge is 0.136 e. The van der Waals surface area contributed by atoms with Gasteiger partial charge in [0, 0.05) is 0 Å². The van der Waals surface area contributed by atoms with Crippen LogP contribution in [0.15, 0.2) is 16.6 Å². The second-order valence-electron chi connectivity index (χ2n) is 2.91. The lowest BCUT2D eigenvalue weighted by Gasteiger charge is -2.12. The van der Waals surface area contributed by atoms with Crippen molar-refractivity contribution in [1.29, 1.82) is 0 Å². The molecule has 13 heavy (non-hydrogen) atoms. The molecule has 72 valence electrons. The number of halogens is 1. The predicted octanol–water partition coefficient (Wildman–Crippen LogP) is 2.27. The SMILES string of the molecule is COc1c(Br)ccc(C)c1CCN. The van der Waals surface area contributed by atoms with E-state index >= 15 is 0 Å². The zero-order chi connectivity index (χ0) is 9.84. The average molecular weight is 244 g/mol. The van der Waals surface area contributed by atoms with Crippen LogP contribution < -0.4 is 10.5 Å². The van der Waals surface area contributed by atoms with Gasteiger partial charge in [0.2, 0.25) is 0 Å². The van der Waals surface area contributed by atoms with Crippen LogP contribution in [0.3, 0.4) is 0 Å². The van der Waals surface area contributed by atoms with Gasteiger partial charge in [-0.25, -0.2) is 0 Å². The number of rotatable bonds is 3. The molecule has 0 unspecified atom stereocenters. The molecule has 0 heterocycles. The Labute approximate surface area is 87.2 Å². The first-order valence-corrected chi connectivity index (χ1v) is 5.02. The maximum absolute atomic E-state index is 5.53. The van der Waals surface area contributed by atoms with E-state index in [0.29, 0.717) is 6.54 Å². The van der Waals surface area contributed by atoms with Gasteiger partial charge in [0.25, 0.3) is 0 Å². The van der Waals surface area contributed by atoms with Crippen LogP contribution in [0.4, 0.5) is 0 Å². The Morgan fingerprint density at radius 1 is 1.46 bits per heavy atom. The quantitative estimate of drug-likeness (QED) is 0.885. The number of methoxy groups -OCH3 is 1. The van der Waals surface area contributed by atoms with Gasteiger partial charge in [-0.1, -0.05) is 6.07 Å². The maximum Gasteiger partial charge on any atom is 0.136 e. The van der Waals surface area contributed by atoms with Gasteiger partial charge in [0.15, 0.2) is 0 Å². The Morgan fingerprint density at radius 3 is 2.69 bits per heavy atom. The van der Waals surface area contributed by atoms with Crippen LogP contribution in [0.5, 0.6) is 5.75 Å². The van der Waals surface area contributed by atoms with Crippen LogP contribution in [0.2, 0.25) is 0 Å². The highest BCUT2D eigenvalue weighted by Gasteiger charge is 2.08. The number of ether oxygens (including phenoxy) is 1. The minimum atomic E-state index is 0.646. The highest BCUT2D eigenvalue weighted by atomic mass is 79.9. The lowest BCUT2D eigenvalue weighted by molar-refractivity contribution is 0.406. The summed E-state index contributed by atoms with van der Waals surface area (Å²) in [4.78, 5) is 0. The second kappa shape index (κ2) is 4.63. The van der Waals surface area contributed by atoms with Gasteiger partial charge in [0.1, 0.15) is 5.75 Å². The Bertz CT molecular complexity index is 299. The molecule has 0 saturated carbocycles. The first-order valence-electron chi connectivity index (χ1n) is 4.22. The van der Waals surface area contributed by atoms with E-state index in [0.717, 1.165) is 16.6 Å². The van der Waals surface area contributed by atoms with Crippen LogP contribution in [0.25, 0.3) is 0 Å². The molecule has 0 aliphatic carbocycles. The van der Waals surface area contributed by atoms with Crippen molar-refractivity contribution in [1.82, 2.24) is 0 Å². The topological polar surface area (TPSA) is 35.2 Å². The molecular formula is C10H14BrNO. The number of aryl methyl sites for hydroxylation is 1. The summed E-state index contributed by atoms with van der Waals surface area (Å²) < 4.78 is 6.30. The molecule has 0 atom stereocenters. The lowest BCUT2D eigenvalue weighted by Crippen LogP contribution is -2.06. The molecule has 1 aromatic rings. The molecule has 0 aliphatic rings. The summed E-state index contributed by atoms with van der Waals surface area (Å²) in [5.41, 5.74) is 7.95. The molecule has 0 aromatic heterocycles. The van der Waals surface area contributed by atoms with E-state index in [-0.39, 0.29) is 0 Å². The largest absolute Gasteiger partial charge is 0.495 e. The first kappa shape index (κ1) is 10.5. The first-order chi connectivity index (χ1) is 6.20. The Balaban J connectivity index is 3.18. The molecule has 0 spiro atoms. The lowest BCUT2D eigenvalue weighted by atomic mass is 10.0. The molecule has 0 saturated heterocycles. The summed E-state index contributed by atoms with van der Waals surface area (Å²) in [6.45, 7) is 2.72. The van der Waals surface area contributed by atoms with Crippen LogP contribution in [-0.2, 0) is 6.42 Å². The zero-order valence-electron chi connectivity index (χ0n) is 7.93. The minimum absolute atomic E-state index is 0.646. The Hall–Kier alpha value is -0.540. The molecule has 0 amide bonds. The standard InChI is InChI=1S/C10H14BrNO/c1-7-3-4-9(11)10(13-2)8(7)5-6-12/h3-4H,5-6,12H2,1-2H3. The fourth-order valence-electron chi connectivity index (χ4n) is 1.37. The molecule has 2 nitrogen and oxygen atoms in total. The van der Waals surface area contributed by atoms with E-state index in [9.17, 15) is 0 Å². The van der Waals surface area contributed by atoms with E-state index in [1.54, 1.807) is 7.11 Å². The predicted molar refractivity (Wildman–Crippen MR) is 58.2 cm³/mol. The van der Waals surface area contributed by atoms with Crippen molar-refractivity contribution >= 4 is 15.9 Å². The van der Waals surface area contributed by atoms with Gasteiger partial charge < -0.3 is 10.5 Å². The van der Waals surface area contributed by atoms with Crippen molar-refractivity contribution in [2.24, 2.45) is 5.73 Å². The fourth-order valence-corrected chi connectivity index (χ4v) is 1.91. The van der Waals surface area contributed by atoms with Crippen molar-refractivity contribution in [2.45, 2.75) is 13.3 Å². The molecule has 2 N–H and O–H groups in total. The van der Waals surface area contributed by atoms with Crippen LogP contribution >= 0.6 is 15.9 Å². The minimum Gasteiger partial charge on any atom is -0.495 e. The molecule has 0 aliphatic heterocycles. The van der Waals surface area contributed by atoms with E-state index in [1.807, 2.05) is 6.07 Å². The van der Waals surface area contributed by atoms with Crippen molar-refractivity contribution < 1.29 is 4.74 Å². The molecule has 0 bridgehead atoms. The molecule has 0 fully saturated rings. The van der Waals surface area contributed by atoms with Crippen LogP contribution in [0.1, 0.15) is 11.1 Å². The molecular weight excluding hydrogens is 230 g/mol. The summed E-state index contributed by atoms with van der Waals surface area (Å²) in [5.74, 6) is 0.908. The van der Waals surface area contributed by atoms with E-state index in [4.69, 9.17) is 10.5 Å². The van der Waals surface area contributed by atoms with Gasteiger partial charge >= 0.3 is 0 Å². The van der Waals surface area contributed by atoms with Crippen molar-refractivity contribution in [3.63, 3.8) is 0 Å². The number of hydrogen-bond donors (Lipinski definition) is 1. The highest BCUT2D eigenvalue weighted by Crippen LogP contribution is 2.31. The normalized spacial score (nSPS) is 10.2. The Kier molecular flexibility index (Phi) is 3.75. The molecule has 3 heteroatoms. The van der Waals surface area contributed by atoms with Crippen molar-refractivity contribution in [3.8, 4) is 5.75 Å². The maximum atomic E-state index is 5.53. The monoisotopic (exact) mass is 243 g/mol. The van der Waals surface area contributed by atoms with Crippen molar-refractivity contribution in [2.75, 3.05) is 13.7 Å². The van der Waals surface area contributed by atoms with Gasteiger partial charge in [0.05, 0.1) is 11.6 Å². The second-order valence-corrected chi connectivity index (χ2v) is 3.77. The van der Waals surface area contributed by atoms with Gasteiger partial charge in [-0.15, -0.1) is 0 Å². The average Bonchev–Trinajstić information content (AvgIpc) is 2.12. The van der Waals surface area contributed by atoms with Gasteiger partial charge in [-0.3, -0.25) is 0 Å². The van der Waals surface area contributed by atoms with E-state index in [1.165, 1.54) is 11.1 Å². The molecule has 1 rings (SSSR count). The Morgan fingerprint density at radius 2 is 2.15 bits per heavy atom. The number of benzene rings is 1. The summed E-state index contributed by atoms with van der Waals surface area (Å²) in [7, 11) is 1.68. The summed E-state index contributed by atoms with van der Waals surface area (Å²) in [6, 6.07) is 4.06. The number of nitrogens with two attached hydrogens (primary N) is 1. The van der Waals surface area contributed by atoms with Crippen LogP contribution in [0, 0.1) is 6.92 Å². The van der Waals surface area contributed by atoms with Crippen molar-refractivity contribution in [3.05, 3.63) is 27.7 Å². The summed E-state index contributed by atoms with van der Waals surface area (Å²) >= 11 is 3.45.